The van der Waals surface area contributed by atoms with Crippen molar-refractivity contribution >= 4 is 0 Å². The molecule has 1 fully saturated rings. The third-order valence-corrected chi connectivity index (χ3v) is 3.33. The van der Waals surface area contributed by atoms with Gasteiger partial charge in [-0.05, 0) is 52.7 Å². The Hall–Kier alpha value is -0.120. The number of ether oxygens (including phenoxy) is 1. The Morgan fingerprint density at radius 1 is 1.31 bits per heavy atom. The van der Waals surface area contributed by atoms with Gasteiger partial charge in [0.25, 0.3) is 0 Å². The summed E-state index contributed by atoms with van der Waals surface area (Å²) in [6.07, 6.45) is 6.80. The van der Waals surface area contributed by atoms with Crippen LogP contribution in [-0.2, 0) is 4.74 Å². The molecule has 1 aliphatic rings. The van der Waals surface area contributed by atoms with Crippen LogP contribution in [0.3, 0.4) is 0 Å². The minimum atomic E-state index is 0.786. The molecule has 0 spiro atoms. The molecule has 0 aromatic heterocycles. The van der Waals surface area contributed by atoms with Crippen LogP contribution in [0.15, 0.2) is 0 Å². The van der Waals surface area contributed by atoms with E-state index in [0.717, 1.165) is 25.8 Å². The third kappa shape index (κ3) is 6.46. The van der Waals surface area contributed by atoms with Crippen molar-refractivity contribution in [2.24, 2.45) is 0 Å². The molecule has 1 rings (SSSR count). The van der Waals surface area contributed by atoms with Gasteiger partial charge in [0.15, 0.2) is 0 Å². The molecule has 1 heterocycles. The molecule has 0 radical (unpaired) electrons. The van der Waals surface area contributed by atoms with E-state index in [1.807, 2.05) is 0 Å². The number of nitrogens with one attached hydrogen (secondary N) is 1. The lowest BCUT2D eigenvalue weighted by molar-refractivity contribution is 0.121. The molecule has 3 nitrogen and oxygen atoms in total. The predicted octanol–water partition coefficient (Wildman–Crippen LogP) is 1.88. The van der Waals surface area contributed by atoms with Gasteiger partial charge in [0.2, 0.25) is 0 Å². The Kier molecular flexibility index (Phi) is 7.81. The summed E-state index contributed by atoms with van der Waals surface area (Å²) in [5, 5.41) is 3.60. The lowest BCUT2D eigenvalue weighted by Gasteiger charge is -2.24. The zero-order chi connectivity index (χ0) is 11.6. The number of hydrogen-bond acceptors (Lipinski definition) is 3. The number of rotatable bonds is 8. The minimum Gasteiger partial charge on any atom is -0.380 e. The van der Waals surface area contributed by atoms with Crippen molar-refractivity contribution in [3.63, 3.8) is 0 Å². The average Bonchev–Trinajstić information content (AvgIpc) is 2.31. The van der Waals surface area contributed by atoms with Crippen molar-refractivity contribution in [3.05, 3.63) is 0 Å². The second-order valence-electron chi connectivity index (χ2n) is 4.79. The highest BCUT2D eigenvalue weighted by Crippen LogP contribution is 2.11. The molecule has 0 amide bonds. The topological polar surface area (TPSA) is 24.5 Å². The lowest BCUT2D eigenvalue weighted by Crippen LogP contribution is -2.34. The van der Waals surface area contributed by atoms with Crippen molar-refractivity contribution in [2.45, 2.75) is 45.1 Å². The average molecular weight is 228 g/mol. The highest BCUT2D eigenvalue weighted by Gasteiger charge is 2.11. The van der Waals surface area contributed by atoms with Crippen LogP contribution in [0.5, 0.6) is 0 Å². The van der Waals surface area contributed by atoms with Gasteiger partial charge in [0.05, 0.1) is 6.61 Å². The van der Waals surface area contributed by atoms with Gasteiger partial charge in [-0.1, -0.05) is 6.42 Å². The van der Waals surface area contributed by atoms with E-state index in [1.165, 1.54) is 45.2 Å². The van der Waals surface area contributed by atoms with E-state index < -0.39 is 0 Å². The van der Waals surface area contributed by atoms with Crippen molar-refractivity contribution in [1.82, 2.24) is 10.2 Å². The molecular formula is C13H28N2O. The van der Waals surface area contributed by atoms with Crippen LogP contribution in [0, 0.1) is 0 Å². The van der Waals surface area contributed by atoms with Gasteiger partial charge in [-0.2, -0.15) is 0 Å². The van der Waals surface area contributed by atoms with E-state index in [9.17, 15) is 0 Å². The molecule has 1 N–H and O–H groups in total. The second kappa shape index (κ2) is 8.97. The predicted molar refractivity (Wildman–Crippen MR) is 68.9 cm³/mol. The largest absolute Gasteiger partial charge is 0.380 e. The van der Waals surface area contributed by atoms with Gasteiger partial charge in [0, 0.05) is 19.2 Å². The Balaban J connectivity index is 1.92. The molecule has 1 unspecified atom stereocenters. The third-order valence-electron chi connectivity index (χ3n) is 3.33. The summed E-state index contributed by atoms with van der Waals surface area (Å²) in [6, 6.07) is 0.786. The monoisotopic (exact) mass is 228 g/mol. The van der Waals surface area contributed by atoms with Crippen molar-refractivity contribution in [1.29, 1.82) is 0 Å². The van der Waals surface area contributed by atoms with Gasteiger partial charge in [-0.25, -0.2) is 0 Å². The summed E-state index contributed by atoms with van der Waals surface area (Å²) in [5.41, 5.74) is 0. The van der Waals surface area contributed by atoms with E-state index in [0.29, 0.717) is 0 Å². The molecule has 0 aliphatic carbocycles. The summed E-state index contributed by atoms with van der Waals surface area (Å²) >= 11 is 0. The van der Waals surface area contributed by atoms with Gasteiger partial charge >= 0.3 is 0 Å². The normalized spacial score (nSPS) is 21.6. The zero-order valence-electron chi connectivity index (χ0n) is 11.0. The molecule has 3 heteroatoms. The molecule has 0 saturated carbocycles. The maximum absolute atomic E-state index is 5.35. The van der Waals surface area contributed by atoms with Crippen LogP contribution in [0.4, 0.5) is 0 Å². The van der Waals surface area contributed by atoms with Crippen molar-refractivity contribution < 1.29 is 4.74 Å². The molecule has 0 aromatic carbocycles. The summed E-state index contributed by atoms with van der Waals surface area (Å²) < 4.78 is 5.35. The SMILES string of the molecule is CCOCCN(C)CCCC1CCCCN1. The lowest BCUT2D eigenvalue weighted by atomic mass is 10.0. The molecule has 0 aromatic rings. The maximum atomic E-state index is 5.35. The quantitative estimate of drug-likeness (QED) is 0.642. The van der Waals surface area contributed by atoms with Crippen LogP contribution < -0.4 is 5.32 Å². The van der Waals surface area contributed by atoms with E-state index in [4.69, 9.17) is 4.74 Å². The molecule has 1 saturated heterocycles. The molecule has 96 valence electrons. The second-order valence-corrected chi connectivity index (χ2v) is 4.79. The van der Waals surface area contributed by atoms with E-state index in [2.05, 4.69) is 24.2 Å². The van der Waals surface area contributed by atoms with E-state index in [-0.39, 0.29) is 0 Å². The van der Waals surface area contributed by atoms with Crippen LogP contribution in [0.2, 0.25) is 0 Å². The van der Waals surface area contributed by atoms with Crippen molar-refractivity contribution in [3.8, 4) is 0 Å². The highest BCUT2D eigenvalue weighted by molar-refractivity contribution is 4.72. The van der Waals surface area contributed by atoms with E-state index >= 15 is 0 Å². The fourth-order valence-corrected chi connectivity index (χ4v) is 2.25. The van der Waals surface area contributed by atoms with Gasteiger partial charge < -0.3 is 15.0 Å². The molecule has 0 bridgehead atoms. The first-order valence-corrected chi connectivity index (χ1v) is 6.82. The van der Waals surface area contributed by atoms with Crippen LogP contribution >= 0.6 is 0 Å². The number of hydrogen-bond donors (Lipinski definition) is 1. The number of likely N-dealkylation sites (N-methyl/N-ethyl adjacent to an activating group) is 1. The Morgan fingerprint density at radius 2 is 2.19 bits per heavy atom. The summed E-state index contributed by atoms with van der Waals surface area (Å²) in [6.45, 7) is 7.24. The first-order valence-electron chi connectivity index (χ1n) is 6.82. The number of piperidine rings is 1. The zero-order valence-corrected chi connectivity index (χ0v) is 11.0. The first kappa shape index (κ1) is 13.9. The summed E-state index contributed by atoms with van der Waals surface area (Å²) in [4.78, 5) is 2.37. The molecule has 16 heavy (non-hydrogen) atoms. The van der Waals surface area contributed by atoms with Gasteiger partial charge in [-0.3, -0.25) is 0 Å². The number of nitrogens with zero attached hydrogens (tertiary/aromatic N) is 1. The Bertz CT molecular complexity index is 158. The van der Waals surface area contributed by atoms with Gasteiger partial charge in [0.1, 0.15) is 0 Å². The molecule has 1 atom stereocenters. The summed E-state index contributed by atoms with van der Waals surface area (Å²) in [7, 11) is 2.19. The smallest absolute Gasteiger partial charge is 0.0593 e. The highest BCUT2D eigenvalue weighted by atomic mass is 16.5. The Labute approximate surface area is 101 Å². The Morgan fingerprint density at radius 3 is 2.88 bits per heavy atom. The van der Waals surface area contributed by atoms with Crippen LogP contribution in [-0.4, -0.2) is 50.8 Å². The fraction of sp³-hybridized carbons (Fsp3) is 1.00. The summed E-state index contributed by atoms with van der Waals surface area (Å²) in [5.74, 6) is 0. The standard InChI is InChI=1S/C13H28N2O/c1-3-16-12-11-15(2)10-6-8-13-7-4-5-9-14-13/h13-14H,3-12H2,1-2H3. The van der Waals surface area contributed by atoms with E-state index in [1.54, 1.807) is 0 Å². The fourth-order valence-electron chi connectivity index (χ4n) is 2.25. The first-order chi connectivity index (χ1) is 7.83. The van der Waals surface area contributed by atoms with Crippen molar-refractivity contribution in [2.75, 3.05) is 39.9 Å². The molecular weight excluding hydrogens is 200 g/mol. The van der Waals surface area contributed by atoms with Crippen LogP contribution in [0.1, 0.15) is 39.0 Å². The maximum Gasteiger partial charge on any atom is 0.0593 e. The van der Waals surface area contributed by atoms with Gasteiger partial charge in [-0.15, -0.1) is 0 Å². The minimum absolute atomic E-state index is 0.786. The van der Waals surface area contributed by atoms with Crippen LogP contribution in [0.25, 0.3) is 0 Å². The molecule has 1 aliphatic heterocycles.